The van der Waals surface area contributed by atoms with Gasteiger partial charge in [0, 0.05) is 22.5 Å². The van der Waals surface area contributed by atoms with Gasteiger partial charge >= 0.3 is 0 Å². The van der Waals surface area contributed by atoms with Crippen molar-refractivity contribution in [1.82, 2.24) is 0 Å². The minimum atomic E-state index is -0.0943. The molecule has 0 saturated carbocycles. The summed E-state index contributed by atoms with van der Waals surface area (Å²) < 4.78 is 0. The Kier molecular flexibility index (Phi) is 8.27. The largest absolute Gasteiger partial charge is 0.310 e. The van der Waals surface area contributed by atoms with Crippen LogP contribution in [-0.2, 0) is 5.41 Å². The van der Waals surface area contributed by atoms with Gasteiger partial charge in [0.25, 0.3) is 0 Å². The molecule has 0 radical (unpaired) electrons. The molecule has 11 aromatic carbocycles. The molecule has 1 heteroatoms. The lowest BCUT2D eigenvalue weighted by molar-refractivity contribution is 0.662. The summed E-state index contributed by atoms with van der Waals surface area (Å²) in [4.78, 5) is 2.40. The average Bonchev–Trinajstić information content (AvgIpc) is 3.58. The first-order valence-corrected chi connectivity index (χ1v) is 21.7. The van der Waals surface area contributed by atoms with Crippen LogP contribution >= 0.6 is 0 Å². The molecule has 0 spiro atoms. The van der Waals surface area contributed by atoms with E-state index >= 15 is 0 Å². The third-order valence-corrected chi connectivity index (χ3v) is 13.4. The standard InChI is InChI=1S/C61H43N/c1-61(2)59-27-10-9-23-56(59)57-26-13-25-50(60(57)61)42-30-35-46(36-31-42)62(47-17-11-16-44(38-47)49-24-12-15-41-14-3-4-18-48(41)49)45-33-28-40(29-34-45)43-32-37-55-53-21-6-5-19-51(53)52-20-7-8-22-54(52)58(55)39-43/h3-39H,1-2H3. The second-order valence-corrected chi connectivity index (χ2v) is 17.3. The SMILES string of the molecule is CC1(C)c2ccccc2-c2cccc(-c3ccc(N(c4ccc(-c5ccc6c7ccccc7c7ccccc7c6c5)cc4)c4cccc(-c5cccc6ccccc56)c4)cc3)c21. The Labute approximate surface area is 362 Å². The van der Waals surface area contributed by atoms with E-state index in [4.69, 9.17) is 0 Å². The minimum Gasteiger partial charge on any atom is -0.310 e. The van der Waals surface area contributed by atoms with Gasteiger partial charge in [0.05, 0.1) is 0 Å². The zero-order valence-electron chi connectivity index (χ0n) is 34.8. The Morgan fingerprint density at radius 3 is 1.52 bits per heavy atom. The molecule has 0 aliphatic heterocycles. The van der Waals surface area contributed by atoms with Crippen molar-refractivity contribution in [2.45, 2.75) is 19.3 Å². The van der Waals surface area contributed by atoms with Crippen molar-refractivity contribution < 1.29 is 0 Å². The van der Waals surface area contributed by atoms with Crippen LogP contribution < -0.4 is 4.90 Å². The van der Waals surface area contributed by atoms with Crippen LogP contribution in [0.15, 0.2) is 224 Å². The van der Waals surface area contributed by atoms with Crippen LogP contribution in [0.25, 0.3) is 87.6 Å². The van der Waals surface area contributed by atoms with Gasteiger partial charge in [0.2, 0.25) is 0 Å². The lowest BCUT2D eigenvalue weighted by atomic mass is 9.79. The molecular formula is C61H43N. The molecule has 0 saturated heterocycles. The molecule has 0 atom stereocenters. The zero-order valence-corrected chi connectivity index (χ0v) is 34.8. The van der Waals surface area contributed by atoms with Gasteiger partial charge in [-0.2, -0.15) is 0 Å². The smallest absolute Gasteiger partial charge is 0.0467 e. The van der Waals surface area contributed by atoms with Crippen molar-refractivity contribution in [2.75, 3.05) is 4.90 Å². The molecule has 0 unspecified atom stereocenters. The Morgan fingerprint density at radius 2 is 0.790 bits per heavy atom. The number of benzene rings is 11. The van der Waals surface area contributed by atoms with Gasteiger partial charge in [0.1, 0.15) is 0 Å². The lowest BCUT2D eigenvalue weighted by Crippen LogP contribution is -2.16. The number of anilines is 3. The normalized spacial score (nSPS) is 12.8. The predicted octanol–water partition coefficient (Wildman–Crippen LogP) is 17.1. The third kappa shape index (κ3) is 5.70. The van der Waals surface area contributed by atoms with Crippen LogP contribution in [0.4, 0.5) is 17.1 Å². The Bertz CT molecular complexity index is 3500. The Morgan fingerprint density at radius 1 is 0.290 bits per heavy atom. The molecule has 1 aliphatic carbocycles. The molecule has 12 rings (SSSR count). The fourth-order valence-corrected chi connectivity index (χ4v) is 10.5. The first kappa shape index (κ1) is 36.1. The monoisotopic (exact) mass is 789 g/mol. The molecule has 0 fully saturated rings. The van der Waals surface area contributed by atoms with E-state index in [0.717, 1.165) is 17.1 Å². The number of rotatable bonds is 6. The maximum Gasteiger partial charge on any atom is 0.0467 e. The highest BCUT2D eigenvalue weighted by atomic mass is 15.1. The quantitative estimate of drug-likeness (QED) is 0.152. The summed E-state index contributed by atoms with van der Waals surface area (Å²) in [6.45, 7) is 4.73. The van der Waals surface area contributed by atoms with Crippen molar-refractivity contribution in [2.24, 2.45) is 0 Å². The third-order valence-electron chi connectivity index (χ3n) is 13.4. The van der Waals surface area contributed by atoms with E-state index in [2.05, 4.69) is 243 Å². The Balaban J connectivity index is 0.971. The fraction of sp³-hybridized carbons (Fsp3) is 0.0492. The lowest BCUT2D eigenvalue weighted by Gasteiger charge is -2.27. The zero-order chi connectivity index (χ0) is 41.4. The van der Waals surface area contributed by atoms with Crippen molar-refractivity contribution in [3.63, 3.8) is 0 Å². The Hall–Kier alpha value is -7.74. The summed E-state index contributed by atoms with van der Waals surface area (Å²) in [6.07, 6.45) is 0. The van der Waals surface area contributed by atoms with Crippen molar-refractivity contribution in [3.05, 3.63) is 236 Å². The maximum atomic E-state index is 2.40. The topological polar surface area (TPSA) is 3.24 Å². The van der Waals surface area contributed by atoms with E-state index in [1.165, 1.54) is 98.7 Å². The van der Waals surface area contributed by atoms with E-state index in [-0.39, 0.29) is 5.41 Å². The second-order valence-electron chi connectivity index (χ2n) is 17.3. The molecule has 0 bridgehead atoms. The molecular weight excluding hydrogens is 747 g/mol. The van der Waals surface area contributed by atoms with Crippen LogP contribution in [0.1, 0.15) is 25.0 Å². The highest BCUT2D eigenvalue weighted by Crippen LogP contribution is 2.52. The highest BCUT2D eigenvalue weighted by molar-refractivity contribution is 6.25. The summed E-state index contributed by atoms with van der Waals surface area (Å²) in [5, 5.41) is 10.2. The summed E-state index contributed by atoms with van der Waals surface area (Å²) in [6, 6.07) is 82.8. The molecule has 11 aromatic rings. The average molecular weight is 790 g/mol. The summed E-state index contributed by atoms with van der Waals surface area (Å²) in [5.74, 6) is 0. The van der Waals surface area contributed by atoms with Gasteiger partial charge in [-0.1, -0.05) is 196 Å². The number of fused-ring (bicyclic) bond motifs is 10. The first-order chi connectivity index (χ1) is 30.5. The summed E-state index contributed by atoms with van der Waals surface area (Å²) in [5.41, 5.74) is 16.0. The van der Waals surface area contributed by atoms with E-state index in [0.29, 0.717) is 0 Å². The van der Waals surface area contributed by atoms with Crippen molar-refractivity contribution >= 4 is 60.2 Å². The fourth-order valence-electron chi connectivity index (χ4n) is 10.5. The van der Waals surface area contributed by atoms with Crippen LogP contribution in [0.2, 0.25) is 0 Å². The number of hydrogen-bond acceptors (Lipinski definition) is 1. The van der Waals surface area contributed by atoms with Crippen LogP contribution in [-0.4, -0.2) is 0 Å². The van der Waals surface area contributed by atoms with Gasteiger partial charge in [-0.25, -0.2) is 0 Å². The van der Waals surface area contributed by atoms with Crippen molar-refractivity contribution in [3.8, 4) is 44.5 Å². The molecule has 62 heavy (non-hydrogen) atoms. The first-order valence-electron chi connectivity index (χ1n) is 21.7. The number of hydrogen-bond donors (Lipinski definition) is 0. The van der Waals surface area contributed by atoms with Crippen LogP contribution in [0.5, 0.6) is 0 Å². The molecule has 0 aromatic heterocycles. The second kappa shape index (κ2) is 14.2. The molecule has 1 nitrogen and oxygen atoms in total. The summed E-state index contributed by atoms with van der Waals surface area (Å²) in [7, 11) is 0. The number of nitrogens with zero attached hydrogens (tertiary/aromatic N) is 1. The molecule has 0 amide bonds. The van der Waals surface area contributed by atoms with E-state index < -0.39 is 0 Å². The highest BCUT2D eigenvalue weighted by Gasteiger charge is 2.37. The maximum absolute atomic E-state index is 2.40. The van der Waals surface area contributed by atoms with Gasteiger partial charge in [-0.3, -0.25) is 0 Å². The van der Waals surface area contributed by atoms with E-state index in [1.54, 1.807) is 0 Å². The molecule has 0 heterocycles. The molecule has 0 N–H and O–H groups in total. The van der Waals surface area contributed by atoms with Gasteiger partial charge in [0.15, 0.2) is 0 Å². The predicted molar refractivity (Wildman–Crippen MR) is 265 cm³/mol. The molecule has 1 aliphatic rings. The van der Waals surface area contributed by atoms with E-state index in [1.807, 2.05) is 0 Å². The molecule has 292 valence electrons. The van der Waals surface area contributed by atoms with Crippen LogP contribution in [0, 0.1) is 0 Å². The van der Waals surface area contributed by atoms with Gasteiger partial charge in [-0.05, 0) is 141 Å². The van der Waals surface area contributed by atoms with Gasteiger partial charge < -0.3 is 4.90 Å². The van der Waals surface area contributed by atoms with E-state index in [9.17, 15) is 0 Å². The van der Waals surface area contributed by atoms with Crippen LogP contribution in [0.3, 0.4) is 0 Å². The van der Waals surface area contributed by atoms with Crippen molar-refractivity contribution in [1.29, 1.82) is 0 Å². The summed E-state index contributed by atoms with van der Waals surface area (Å²) >= 11 is 0. The minimum absolute atomic E-state index is 0.0943. The van der Waals surface area contributed by atoms with Gasteiger partial charge in [-0.15, -0.1) is 0 Å².